The maximum atomic E-state index is 9.04. The fourth-order valence-electron chi connectivity index (χ4n) is 2.35. The van der Waals surface area contributed by atoms with E-state index in [2.05, 4.69) is 18.0 Å². The maximum absolute atomic E-state index is 9.04. The molecule has 0 radical (unpaired) electrons. The number of nitriles is 2. The highest BCUT2D eigenvalue weighted by atomic mass is 15.1. The minimum absolute atomic E-state index is 0.251. The largest absolute Gasteiger partial charge is 0.318 e. The number of hydrogen-bond donors (Lipinski definition) is 0. The highest BCUT2D eigenvalue weighted by molar-refractivity contribution is 5.36. The van der Waals surface area contributed by atoms with Crippen LogP contribution in [-0.2, 0) is 0 Å². The van der Waals surface area contributed by atoms with E-state index in [0.29, 0.717) is 11.7 Å². The molecule has 0 aliphatic heterocycles. The number of rotatable bonds is 1. The van der Waals surface area contributed by atoms with Gasteiger partial charge in [-0.1, -0.05) is 6.92 Å². The van der Waals surface area contributed by atoms with Crippen LogP contribution >= 0.6 is 0 Å². The van der Waals surface area contributed by atoms with Crippen molar-refractivity contribution in [3.63, 3.8) is 0 Å². The summed E-state index contributed by atoms with van der Waals surface area (Å²) in [5, 5.41) is 17.9. The molecule has 0 N–H and O–H groups in total. The Morgan fingerprint density at radius 2 is 1.94 bits per heavy atom. The van der Waals surface area contributed by atoms with Gasteiger partial charge in [-0.25, -0.2) is 4.98 Å². The monoisotopic (exact) mass is 214 g/mol. The Hall–Kier alpha value is -1.81. The first-order valence-electron chi connectivity index (χ1n) is 5.63. The summed E-state index contributed by atoms with van der Waals surface area (Å²) >= 11 is 0. The van der Waals surface area contributed by atoms with Crippen LogP contribution in [0.3, 0.4) is 0 Å². The summed E-state index contributed by atoms with van der Waals surface area (Å²) < 4.78 is 1.88. The van der Waals surface area contributed by atoms with Crippen molar-refractivity contribution in [1.82, 2.24) is 9.55 Å². The van der Waals surface area contributed by atoms with E-state index in [1.54, 1.807) is 6.33 Å². The van der Waals surface area contributed by atoms with Crippen molar-refractivity contribution in [2.24, 2.45) is 5.92 Å². The van der Waals surface area contributed by atoms with Gasteiger partial charge in [0.25, 0.3) is 0 Å². The molecule has 82 valence electrons. The van der Waals surface area contributed by atoms with Gasteiger partial charge >= 0.3 is 0 Å². The molecule has 0 saturated heterocycles. The number of aromatic nitrogens is 2. The van der Waals surface area contributed by atoms with Crippen molar-refractivity contribution < 1.29 is 0 Å². The lowest BCUT2D eigenvalue weighted by Crippen LogP contribution is -2.17. The zero-order chi connectivity index (χ0) is 11.5. The molecule has 2 rings (SSSR count). The van der Waals surface area contributed by atoms with E-state index < -0.39 is 0 Å². The molecule has 1 heterocycles. The summed E-state index contributed by atoms with van der Waals surface area (Å²) in [4.78, 5) is 3.98. The Morgan fingerprint density at radius 3 is 2.50 bits per heavy atom. The van der Waals surface area contributed by atoms with E-state index in [-0.39, 0.29) is 5.69 Å². The second-order valence-corrected chi connectivity index (χ2v) is 4.49. The van der Waals surface area contributed by atoms with E-state index >= 15 is 0 Å². The molecule has 16 heavy (non-hydrogen) atoms. The average molecular weight is 214 g/mol. The Labute approximate surface area is 95.1 Å². The van der Waals surface area contributed by atoms with E-state index in [1.807, 2.05) is 10.6 Å². The van der Waals surface area contributed by atoms with Gasteiger partial charge in [-0.2, -0.15) is 10.5 Å². The van der Waals surface area contributed by atoms with Crippen LogP contribution in [0.4, 0.5) is 0 Å². The van der Waals surface area contributed by atoms with Crippen LogP contribution in [-0.4, -0.2) is 9.55 Å². The second-order valence-electron chi connectivity index (χ2n) is 4.49. The van der Waals surface area contributed by atoms with Crippen molar-refractivity contribution in [2.75, 3.05) is 0 Å². The molecule has 1 saturated carbocycles. The van der Waals surface area contributed by atoms with Crippen molar-refractivity contribution in [2.45, 2.75) is 38.6 Å². The first-order valence-corrected chi connectivity index (χ1v) is 5.63. The van der Waals surface area contributed by atoms with Crippen LogP contribution in [0.25, 0.3) is 0 Å². The van der Waals surface area contributed by atoms with Gasteiger partial charge < -0.3 is 4.57 Å². The molecule has 1 aromatic rings. The van der Waals surface area contributed by atoms with E-state index in [0.717, 1.165) is 18.8 Å². The van der Waals surface area contributed by atoms with E-state index in [4.69, 9.17) is 10.5 Å². The fourth-order valence-corrected chi connectivity index (χ4v) is 2.35. The number of nitrogens with zero attached hydrogens (tertiary/aromatic N) is 4. The summed E-state index contributed by atoms with van der Waals surface area (Å²) in [6.07, 6.45) is 6.18. The molecule has 0 amide bonds. The first-order chi connectivity index (χ1) is 7.76. The normalized spacial score (nSPS) is 24.7. The van der Waals surface area contributed by atoms with Gasteiger partial charge in [0.1, 0.15) is 12.1 Å². The summed E-state index contributed by atoms with van der Waals surface area (Å²) in [7, 11) is 0. The standard InChI is InChI=1S/C12H14N4/c1-9-2-4-10(5-3-9)16-8-15-11(6-13)12(16)7-14/h8-10H,2-5H2,1H3. The summed E-state index contributed by atoms with van der Waals surface area (Å²) in [6.45, 7) is 2.26. The summed E-state index contributed by atoms with van der Waals surface area (Å²) in [5.41, 5.74) is 0.670. The lowest BCUT2D eigenvalue weighted by atomic mass is 9.87. The zero-order valence-corrected chi connectivity index (χ0v) is 9.35. The van der Waals surface area contributed by atoms with E-state index in [1.165, 1.54) is 12.8 Å². The highest BCUT2D eigenvalue weighted by Crippen LogP contribution is 2.32. The van der Waals surface area contributed by atoms with Gasteiger partial charge in [0.05, 0.1) is 6.33 Å². The molecule has 1 aliphatic rings. The van der Waals surface area contributed by atoms with Crippen molar-refractivity contribution in [3.8, 4) is 12.1 Å². The molecule has 1 fully saturated rings. The molecule has 0 aromatic carbocycles. The molecule has 0 atom stereocenters. The molecule has 0 unspecified atom stereocenters. The van der Waals surface area contributed by atoms with Gasteiger partial charge in [-0.15, -0.1) is 0 Å². The Morgan fingerprint density at radius 1 is 1.25 bits per heavy atom. The van der Waals surface area contributed by atoms with Crippen LogP contribution in [0.1, 0.15) is 50.0 Å². The summed E-state index contributed by atoms with van der Waals surface area (Å²) in [6, 6.07) is 4.39. The highest BCUT2D eigenvalue weighted by Gasteiger charge is 2.22. The molecule has 0 bridgehead atoms. The van der Waals surface area contributed by atoms with Gasteiger partial charge in [0.15, 0.2) is 11.4 Å². The van der Waals surface area contributed by atoms with Crippen LogP contribution < -0.4 is 0 Å². The summed E-state index contributed by atoms with van der Waals surface area (Å²) in [5.74, 6) is 0.778. The lowest BCUT2D eigenvalue weighted by molar-refractivity contribution is 0.288. The molecule has 1 aromatic heterocycles. The molecular weight excluding hydrogens is 200 g/mol. The molecule has 4 heteroatoms. The third-order valence-electron chi connectivity index (χ3n) is 3.38. The fraction of sp³-hybridized carbons (Fsp3) is 0.583. The van der Waals surface area contributed by atoms with Crippen LogP contribution in [0.5, 0.6) is 0 Å². The molecule has 4 nitrogen and oxygen atoms in total. The Kier molecular flexibility index (Phi) is 2.92. The van der Waals surface area contributed by atoms with Crippen LogP contribution in [0.15, 0.2) is 6.33 Å². The smallest absolute Gasteiger partial charge is 0.176 e. The minimum atomic E-state index is 0.251. The SMILES string of the molecule is CC1CCC(n2cnc(C#N)c2C#N)CC1. The maximum Gasteiger partial charge on any atom is 0.176 e. The number of imidazole rings is 1. The van der Waals surface area contributed by atoms with Gasteiger partial charge in [0.2, 0.25) is 0 Å². The van der Waals surface area contributed by atoms with Crippen molar-refractivity contribution in [3.05, 3.63) is 17.7 Å². The first kappa shape index (κ1) is 10.7. The lowest BCUT2D eigenvalue weighted by Gasteiger charge is -2.27. The quantitative estimate of drug-likeness (QED) is 0.720. The zero-order valence-electron chi connectivity index (χ0n) is 9.35. The van der Waals surface area contributed by atoms with Gasteiger partial charge in [0, 0.05) is 6.04 Å². The Balaban J connectivity index is 2.25. The van der Waals surface area contributed by atoms with Gasteiger partial charge in [-0.3, -0.25) is 0 Å². The van der Waals surface area contributed by atoms with Crippen molar-refractivity contribution >= 4 is 0 Å². The topological polar surface area (TPSA) is 65.4 Å². The molecular formula is C12H14N4. The predicted molar refractivity (Wildman–Crippen MR) is 58.3 cm³/mol. The second kappa shape index (κ2) is 4.37. The van der Waals surface area contributed by atoms with Gasteiger partial charge in [-0.05, 0) is 31.6 Å². The molecule has 0 spiro atoms. The third-order valence-corrected chi connectivity index (χ3v) is 3.38. The average Bonchev–Trinajstić information content (AvgIpc) is 2.72. The van der Waals surface area contributed by atoms with Crippen LogP contribution in [0.2, 0.25) is 0 Å². The van der Waals surface area contributed by atoms with Crippen molar-refractivity contribution in [1.29, 1.82) is 10.5 Å². The Bertz CT molecular complexity index is 452. The molecule has 1 aliphatic carbocycles. The van der Waals surface area contributed by atoms with E-state index in [9.17, 15) is 0 Å². The minimum Gasteiger partial charge on any atom is -0.318 e. The number of hydrogen-bond acceptors (Lipinski definition) is 3. The van der Waals surface area contributed by atoms with Crippen LogP contribution in [0, 0.1) is 28.6 Å². The third kappa shape index (κ3) is 1.79. The predicted octanol–water partition coefficient (Wildman–Crippen LogP) is 2.38.